The molecule has 4 saturated heterocycles. The van der Waals surface area contributed by atoms with E-state index >= 15 is 0 Å². The summed E-state index contributed by atoms with van der Waals surface area (Å²) in [7, 11) is 1.60. The normalized spacial score (nSPS) is 21.1. The van der Waals surface area contributed by atoms with Crippen molar-refractivity contribution in [1.82, 2.24) is 19.2 Å². The summed E-state index contributed by atoms with van der Waals surface area (Å²) in [6.45, 7) is 7.59. The number of fused-ring (bicyclic) bond motifs is 3. The van der Waals surface area contributed by atoms with Crippen molar-refractivity contribution in [3.63, 3.8) is 0 Å². The lowest BCUT2D eigenvalue weighted by Crippen LogP contribution is -2.70. The summed E-state index contributed by atoms with van der Waals surface area (Å²) in [4.78, 5) is 50.4. The third-order valence-corrected chi connectivity index (χ3v) is 7.73. The predicted molar refractivity (Wildman–Crippen MR) is 149 cm³/mol. The Bertz CT molecular complexity index is 1450. The topological polar surface area (TPSA) is 99.9 Å². The number of rotatable bonds is 5. The molecule has 11 heteroatoms. The second-order valence-corrected chi connectivity index (χ2v) is 11.6. The number of carbonyl (C=O) groups is 3. The van der Waals surface area contributed by atoms with Crippen molar-refractivity contribution in [2.45, 2.75) is 57.8 Å². The number of piperidine rings is 1. The van der Waals surface area contributed by atoms with E-state index in [1.54, 1.807) is 18.2 Å². The molecule has 2 unspecified atom stereocenters. The molecule has 0 aliphatic carbocycles. The quantitative estimate of drug-likeness (QED) is 0.479. The van der Waals surface area contributed by atoms with E-state index in [9.17, 15) is 14.4 Å². The molecule has 2 bridgehead atoms. The van der Waals surface area contributed by atoms with E-state index in [0.29, 0.717) is 23.8 Å². The molecule has 4 fully saturated rings. The number of urea groups is 1. The minimum atomic E-state index is -0.514. The van der Waals surface area contributed by atoms with Crippen LogP contribution in [0.3, 0.4) is 0 Å². The van der Waals surface area contributed by atoms with E-state index in [-0.39, 0.29) is 43.1 Å². The van der Waals surface area contributed by atoms with E-state index in [2.05, 4.69) is 9.88 Å². The van der Waals surface area contributed by atoms with E-state index in [0.717, 1.165) is 30.8 Å². The molecule has 210 valence electrons. The van der Waals surface area contributed by atoms with Gasteiger partial charge in [0.1, 0.15) is 22.8 Å². The molecule has 6 heterocycles. The molecule has 4 aliphatic rings. The fourth-order valence-electron chi connectivity index (χ4n) is 5.76. The minimum absolute atomic E-state index is 0.125. The summed E-state index contributed by atoms with van der Waals surface area (Å²) in [5.41, 5.74) is 2.06. The number of ether oxygens (including phenoxy) is 2. The van der Waals surface area contributed by atoms with Gasteiger partial charge < -0.3 is 14.4 Å². The van der Waals surface area contributed by atoms with Crippen LogP contribution in [0.25, 0.3) is 5.65 Å². The fraction of sp³-hybridized carbons (Fsp3) is 0.448. The monoisotopic (exact) mass is 546 g/mol. The van der Waals surface area contributed by atoms with Crippen molar-refractivity contribution in [3.05, 3.63) is 54.4 Å². The Morgan fingerprint density at radius 1 is 1.07 bits per heavy atom. The van der Waals surface area contributed by atoms with Gasteiger partial charge in [0.25, 0.3) is 0 Å². The SMILES string of the molecule is COc1ccc(CN2C(=O)CCN(c3cnc4cc(N5CC6CC(C5)N6C(=O)OC(C)(C)C)ccn34)C2=O)cc1. The molecule has 0 radical (unpaired) electrons. The molecule has 4 aliphatic heterocycles. The number of amides is 4. The van der Waals surface area contributed by atoms with Crippen LogP contribution < -0.4 is 14.5 Å². The van der Waals surface area contributed by atoms with Gasteiger partial charge in [-0.3, -0.25) is 23.9 Å². The molecule has 4 amide bonds. The van der Waals surface area contributed by atoms with Crippen LogP contribution in [0.15, 0.2) is 48.8 Å². The third-order valence-electron chi connectivity index (χ3n) is 7.73. The van der Waals surface area contributed by atoms with Gasteiger partial charge in [-0.25, -0.2) is 14.6 Å². The number of carbonyl (C=O) groups excluding carboxylic acids is 3. The molecule has 0 saturated carbocycles. The molecule has 2 aromatic heterocycles. The smallest absolute Gasteiger partial charge is 0.410 e. The first-order chi connectivity index (χ1) is 19.1. The summed E-state index contributed by atoms with van der Waals surface area (Å²) in [6.07, 6.45) is 4.56. The van der Waals surface area contributed by atoms with Crippen LogP contribution in [0.4, 0.5) is 21.1 Å². The highest BCUT2D eigenvalue weighted by molar-refractivity contribution is 6.05. The van der Waals surface area contributed by atoms with Crippen molar-refractivity contribution in [3.8, 4) is 5.75 Å². The van der Waals surface area contributed by atoms with Crippen molar-refractivity contribution in [2.24, 2.45) is 0 Å². The van der Waals surface area contributed by atoms with Gasteiger partial charge >= 0.3 is 12.1 Å². The second-order valence-electron chi connectivity index (χ2n) is 11.6. The summed E-state index contributed by atoms with van der Waals surface area (Å²) < 4.78 is 12.7. The Balaban J connectivity index is 1.16. The summed E-state index contributed by atoms with van der Waals surface area (Å²) in [5.74, 6) is 1.14. The molecule has 7 rings (SSSR count). The number of imide groups is 1. The van der Waals surface area contributed by atoms with Gasteiger partial charge in [0.2, 0.25) is 5.91 Å². The lowest BCUT2D eigenvalue weighted by atomic mass is 9.87. The van der Waals surface area contributed by atoms with E-state index in [4.69, 9.17) is 9.47 Å². The van der Waals surface area contributed by atoms with Gasteiger partial charge in [-0.2, -0.15) is 0 Å². The maximum absolute atomic E-state index is 13.4. The van der Waals surface area contributed by atoms with Gasteiger partial charge in [0.15, 0.2) is 0 Å². The zero-order valence-corrected chi connectivity index (χ0v) is 23.2. The number of benzene rings is 1. The Kier molecular flexibility index (Phi) is 6.31. The maximum Gasteiger partial charge on any atom is 0.410 e. The Morgan fingerprint density at radius 3 is 2.48 bits per heavy atom. The maximum atomic E-state index is 13.4. The van der Waals surface area contributed by atoms with Crippen LogP contribution in [0.5, 0.6) is 5.75 Å². The number of nitrogens with zero attached hydrogens (tertiary/aromatic N) is 6. The number of aromatic nitrogens is 2. The number of piperazine rings is 1. The molecule has 11 nitrogen and oxygen atoms in total. The highest BCUT2D eigenvalue weighted by atomic mass is 16.6. The highest BCUT2D eigenvalue weighted by Gasteiger charge is 2.49. The number of hydrogen-bond acceptors (Lipinski definition) is 7. The summed E-state index contributed by atoms with van der Waals surface area (Å²) in [5, 5.41) is 0. The standard InChI is InChI=1S/C29H34N6O5/c1-29(2,3)40-28(38)35-21-13-22(35)18-31(17-21)20-9-11-32-24(14-20)30-15-25(32)33-12-10-26(36)34(27(33)37)16-19-5-7-23(39-4)8-6-19/h5-9,11,14-15,21-22H,10,12-13,16-18H2,1-4H3. The lowest BCUT2D eigenvalue weighted by molar-refractivity contribution is -0.129. The molecule has 0 N–H and O–H groups in total. The zero-order chi connectivity index (χ0) is 28.2. The largest absolute Gasteiger partial charge is 0.497 e. The van der Waals surface area contributed by atoms with Crippen LogP contribution in [0, 0.1) is 0 Å². The predicted octanol–water partition coefficient (Wildman–Crippen LogP) is 3.90. The Labute approximate surface area is 232 Å². The van der Waals surface area contributed by atoms with Crippen molar-refractivity contribution < 1.29 is 23.9 Å². The molecule has 1 aromatic carbocycles. The Morgan fingerprint density at radius 2 is 1.80 bits per heavy atom. The molecule has 3 aromatic rings. The number of methoxy groups -OCH3 is 1. The summed E-state index contributed by atoms with van der Waals surface area (Å²) >= 11 is 0. The van der Waals surface area contributed by atoms with Crippen molar-refractivity contribution >= 4 is 35.2 Å². The number of hydrogen-bond donors (Lipinski definition) is 0. The third kappa shape index (κ3) is 4.69. The van der Waals surface area contributed by atoms with Gasteiger partial charge in [-0.05, 0) is 51.0 Å². The van der Waals surface area contributed by atoms with Gasteiger partial charge in [-0.15, -0.1) is 0 Å². The zero-order valence-electron chi connectivity index (χ0n) is 23.2. The van der Waals surface area contributed by atoms with E-state index < -0.39 is 5.60 Å². The van der Waals surface area contributed by atoms with E-state index in [1.807, 2.05) is 72.7 Å². The fourth-order valence-corrected chi connectivity index (χ4v) is 5.76. The van der Waals surface area contributed by atoms with Gasteiger partial charge in [0.05, 0.1) is 31.9 Å². The van der Waals surface area contributed by atoms with Crippen LogP contribution in [0.1, 0.15) is 39.2 Å². The van der Waals surface area contributed by atoms with Crippen LogP contribution in [0.2, 0.25) is 0 Å². The molecular weight excluding hydrogens is 512 g/mol. The van der Waals surface area contributed by atoms with E-state index in [1.165, 1.54) is 4.90 Å². The van der Waals surface area contributed by atoms with Gasteiger partial charge in [0, 0.05) is 44.0 Å². The van der Waals surface area contributed by atoms with Crippen LogP contribution in [-0.4, -0.2) is 81.6 Å². The Hall–Kier alpha value is -4.28. The average Bonchev–Trinajstić information content (AvgIpc) is 3.33. The molecule has 2 atom stereocenters. The highest BCUT2D eigenvalue weighted by Crippen LogP contribution is 2.36. The van der Waals surface area contributed by atoms with Gasteiger partial charge in [-0.1, -0.05) is 12.1 Å². The number of anilines is 2. The molecule has 40 heavy (non-hydrogen) atoms. The first-order valence-electron chi connectivity index (χ1n) is 13.6. The first-order valence-corrected chi connectivity index (χ1v) is 13.6. The second kappa shape index (κ2) is 9.72. The van der Waals surface area contributed by atoms with Crippen molar-refractivity contribution in [2.75, 3.05) is 36.5 Å². The summed E-state index contributed by atoms with van der Waals surface area (Å²) in [6, 6.07) is 11.2. The minimum Gasteiger partial charge on any atom is -0.497 e. The lowest BCUT2D eigenvalue weighted by Gasteiger charge is -2.56. The number of imidazole rings is 1. The number of pyridine rings is 1. The first kappa shape index (κ1) is 26.0. The molecular formula is C29H34N6O5. The van der Waals surface area contributed by atoms with Crippen LogP contribution >= 0.6 is 0 Å². The average molecular weight is 547 g/mol. The van der Waals surface area contributed by atoms with Crippen LogP contribution in [-0.2, 0) is 16.1 Å². The van der Waals surface area contributed by atoms with Crippen molar-refractivity contribution in [1.29, 1.82) is 0 Å². The molecule has 0 spiro atoms.